The number of rotatable bonds is 9. The van der Waals surface area contributed by atoms with Crippen LogP contribution >= 0.6 is 0 Å². The molecular formula is C24H38N2O2. The van der Waals surface area contributed by atoms with Crippen LogP contribution < -0.4 is 4.90 Å². The molecule has 0 aromatic heterocycles. The molecule has 2 rings (SSSR count). The van der Waals surface area contributed by atoms with Crippen LogP contribution in [-0.4, -0.2) is 42.8 Å². The minimum Gasteiger partial charge on any atom is -0.368 e. The van der Waals surface area contributed by atoms with Crippen molar-refractivity contribution >= 4 is 17.4 Å². The van der Waals surface area contributed by atoms with Gasteiger partial charge in [-0.25, -0.2) is 0 Å². The molecule has 0 unspecified atom stereocenters. The monoisotopic (exact) mass is 386 g/mol. The van der Waals surface area contributed by atoms with Gasteiger partial charge in [-0.3, -0.25) is 9.59 Å². The SMILES string of the molecule is CCCCCCCCC(=O)N1CCN(c2cccc(C(=O)C(C)(C)C)c2)CC1. The van der Waals surface area contributed by atoms with Gasteiger partial charge in [0.2, 0.25) is 5.91 Å². The van der Waals surface area contributed by atoms with E-state index in [1.54, 1.807) is 0 Å². The molecule has 4 nitrogen and oxygen atoms in total. The minimum absolute atomic E-state index is 0.169. The average molecular weight is 387 g/mol. The number of hydrogen-bond acceptors (Lipinski definition) is 3. The van der Waals surface area contributed by atoms with Crippen LogP contribution in [0.15, 0.2) is 24.3 Å². The lowest BCUT2D eigenvalue weighted by atomic mass is 9.86. The number of unbranched alkanes of at least 4 members (excludes halogenated alkanes) is 5. The Labute approximate surface area is 171 Å². The summed E-state index contributed by atoms with van der Waals surface area (Å²) in [7, 11) is 0. The van der Waals surface area contributed by atoms with Gasteiger partial charge in [0.25, 0.3) is 0 Å². The lowest BCUT2D eigenvalue weighted by Gasteiger charge is -2.36. The summed E-state index contributed by atoms with van der Waals surface area (Å²) in [6.07, 6.45) is 7.97. The zero-order valence-electron chi connectivity index (χ0n) is 18.3. The average Bonchev–Trinajstić information content (AvgIpc) is 2.69. The second-order valence-corrected chi connectivity index (χ2v) is 9.02. The van der Waals surface area contributed by atoms with Gasteiger partial charge >= 0.3 is 0 Å². The Balaban J connectivity index is 1.80. The van der Waals surface area contributed by atoms with E-state index in [0.29, 0.717) is 12.3 Å². The van der Waals surface area contributed by atoms with Gasteiger partial charge in [0, 0.05) is 49.3 Å². The second kappa shape index (κ2) is 10.6. The lowest BCUT2D eigenvalue weighted by Crippen LogP contribution is -2.48. The van der Waals surface area contributed by atoms with E-state index in [-0.39, 0.29) is 11.2 Å². The van der Waals surface area contributed by atoms with Crippen molar-refractivity contribution in [1.82, 2.24) is 4.90 Å². The number of anilines is 1. The third-order valence-corrected chi connectivity index (χ3v) is 5.53. The van der Waals surface area contributed by atoms with Crippen LogP contribution in [0.5, 0.6) is 0 Å². The highest BCUT2D eigenvalue weighted by Gasteiger charge is 2.25. The Morgan fingerprint density at radius 1 is 0.929 bits per heavy atom. The number of ketones is 1. The molecule has 4 heteroatoms. The molecule has 0 atom stereocenters. The summed E-state index contributed by atoms with van der Waals surface area (Å²) in [4.78, 5) is 29.3. The first kappa shape index (κ1) is 22.4. The minimum atomic E-state index is -0.375. The van der Waals surface area contributed by atoms with Crippen molar-refractivity contribution in [3.8, 4) is 0 Å². The van der Waals surface area contributed by atoms with Crippen molar-refractivity contribution in [2.75, 3.05) is 31.1 Å². The van der Waals surface area contributed by atoms with Crippen LogP contribution in [0.25, 0.3) is 0 Å². The van der Waals surface area contributed by atoms with Gasteiger partial charge in [-0.05, 0) is 18.6 Å². The summed E-state index contributed by atoms with van der Waals surface area (Å²) in [5.74, 6) is 0.467. The van der Waals surface area contributed by atoms with Gasteiger partial charge in [0.05, 0.1) is 0 Å². The topological polar surface area (TPSA) is 40.6 Å². The predicted molar refractivity (Wildman–Crippen MR) is 117 cm³/mol. The van der Waals surface area contributed by atoms with Gasteiger partial charge < -0.3 is 9.80 Å². The number of Topliss-reactive ketones (excluding diaryl/α,β-unsaturated/α-hetero) is 1. The highest BCUT2D eigenvalue weighted by atomic mass is 16.2. The Kier molecular flexibility index (Phi) is 8.53. The van der Waals surface area contributed by atoms with Gasteiger partial charge in [-0.2, -0.15) is 0 Å². The summed E-state index contributed by atoms with van der Waals surface area (Å²) < 4.78 is 0. The van der Waals surface area contributed by atoms with Gasteiger partial charge in [0.1, 0.15) is 0 Å². The van der Waals surface area contributed by atoms with E-state index >= 15 is 0 Å². The molecule has 1 aromatic carbocycles. The fourth-order valence-corrected chi connectivity index (χ4v) is 3.71. The standard InChI is InChI=1S/C24H38N2O2/c1-5-6-7-8-9-10-14-22(27)26-17-15-25(16-18-26)21-13-11-12-20(19-21)23(28)24(2,3)4/h11-13,19H,5-10,14-18H2,1-4H3. The van der Waals surface area contributed by atoms with Crippen LogP contribution in [-0.2, 0) is 4.79 Å². The lowest BCUT2D eigenvalue weighted by molar-refractivity contribution is -0.131. The molecule has 28 heavy (non-hydrogen) atoms. The molecule has 1 amide bonds. The highest BCUT2D eigenvalue weighted by molar-refractivity contribution is 6.00. The van der Waals surface area contributed by atoms with Crippen molar-refractivity contribution in [1.29, 1.82) is 0 Å². The van der Waals surface area contributed by atoms with E-state index < -0.39 is 0 Å². The molecule has 1 aromatic rings. The third-order valence-electron chi connectivity index (χ3n) is 5.53. The van der Waals surface area contributed by atoms with Crippen molar-refractivity contribution in [2.24, 2.45) is 5.41 Å². The zero-order chi connectivity index (χ0) is 20.6. The molecule has 1 heterocycles. The molecule has 1 fully saturated rings. The van der Waals surface area contributed by atoms with E-state index in [4.69, 9.17) is 0 Å². The number of carbonyl (C=O) groups excluding carboxylic acids is 2. The second-order valence-electron chi connectivity index (χ2n) is 9.02. The molecule has 0 aliphatic carbocycles. The number of benzene rings is 1. The van der Waals surface area contributed by atoms with Crippen molar-refractivity contribution in [2.45, 2.75) is 72.6 Å². The van der Waals surface area contributed by atoms with Crippen LogP contribution in [0.1, 0.15) is 83.0 Å². The normalized spacial score (nSPS) is 15.0. The molecule has 156 valence electrons. The van der Waals surface area contributed by atoms with E-state index in [2.05, 4.69) is 17.9 Å². The van der Waals surface area contributed by atoms with E-state index in [1.165, 1.54) is 32.1 Å². The quantitative estimate of drug-likeness (QED) is 0.426. The third kappa shape index (κ3) is 6.65. The molecule has 1 saturated heterocycles. The van der Waals surface area contributed by atoms with Gasteiger partial charge in [0.15, 0.2) is 5.78 Å². The number of piperazine rings is 1. The molecule has 0 radical (unpaired) electrons. The first-order chi connectivity index (χ1) is 13.3. The Morgan fingerprint density at radius 3 is 2.21 bits per heavy atom. The summed E-state index contributed by atoms with van der Waals surface area (Å²) in [5, 5.41) is 0. The number of hydrogen-bond donors (Lipinski definition) is 0. The molecule has 0 N–H and O–H groups in total. The van der Waals surface area contributed by atoms with E-state index in [9.17, 15) is 9.59 Å². The highest BCUT2D eigenvalue weighted by Crippen LogP contribution is 2.25. The van der Waals surface area contributed by atoms with Crippen molar-refractivity contribution < 1.29 is 9.59 Å². The molecule has 1 aliphatic heterocycles. The van der Waals surface area contributed by atoms with E-state index in [0.717, 1.165) is 43.9 Å². The fourth-order valence-electron chi connectivity index (χ4n) is 3.71. The summed E-state index contributed by atoms with van der Waals surface area (Å²) >= 11 is 0. The molecule has 0 saturated carbocycles. The predicted octanol–water partition coefficient (Wildman–Crippen LogP) is 5.31. The van der Waals surface area contributed by atoms with Crippen molar-refractivity contribution in [3.63, 3.8) is 0 Å². The van der Waals surface area contributed by atoms with Crippen molar-refractivity contribution in [3.05, 3.63) is 29.8 Å². The maximum atomic E-state index is 12.6. The first-order valence-electron chi connectivity index (χ1n) is 11.0. The fraction of sp³-hybridized carbons (Fsp3) is 0.667. The molecule has 0 bridgehead atoms. The van der Waals surface area contributed by atoms with Crippen LogP contribution in [0.3, 0.4) is 0 Å². The Morgan fingerprint density at radius 2 is 1.57 bits per heavy atom. The van der Waals surface area contributed by atoms with Crippen LogP contribution in [0.2, 0.25) is 0 Å². The summed E-state index contributed by atoms with van der Waals surface area (Å²) in [6.45, 7) is 11.3. The summed E-state index contributed by atoms with van der Waals surface area (Å²) in [5.41, 5.74) is 1.48. The smallest absolute Gasteiger partial charge is 0.222 e. The Hall–Kier alpha value is -1.84. The van der Waals surface area contributed by atoms with E-state index in [1.807, 2.05) is 43.9 Å². The first-order valence-corrected chi connectivity index (χ1v) is 11.0. The summed E-state index contributed by atoms with van der Waals surface area (Å²) in [6, 6.07) is 7.93. The maximum absolute atomic E-state index is 12.6. The molecule has 0 spiro atoms. The largest absolute Gasteiger partial charge is 0.368 e. The zero-order valence-corrected chi connectivity index (χ0v) is 18.3. The molecular weight excluding hydrogens is 348 g/mol. The maximum Gasteiger partial charge on any atom is 0.222 e. The van der Waals surface area contributed by atoms with Crippen LogP contribution in [0.4, 0.5) is 5.69 Å². The molecule has 1 aliphatic rings. The van der Waals surface area contributed by atoms with Gasteiger partial charge in [-0.15, -0.1) is 0 Å². The van der Waals surface area contributed by atoms with Gasteiger partial charge in [-0.1, -0.05) is 71.9 Å². The number of carbonyl (C=O) groups is 2. The Bertz CT molecular complexity index is 640. The number of nitrogens with zero attached hydrogens (tertiary/aromatic N) is 2. The number of amides is 1. The van der Waals surface area contributed by atoms with Crippen LogP contribution in [0, 0.1) is 5.41 Å².